The number of hydrogen-bond donors (Lipinski definition) is 2. The number of nitrogens with one attached hydrogen (secondary N) is 2. The Kier molecular flexibility index (Phi) is 6.40. The van der Waals surface area contributed by atoms with Crippen LogP contribution in [0.25, 0.3) is 0 Å². The zero-order chi connectivity index (χ0) is 12.7. The van der Waals surface area contributed by atoms with Crippen LogP contribution in [0.3, 0.4) is 0 Å². The second kappa shape index (κ2) is 7.31. The van der Waals surface area contributed by atoms with Crippen LogP contribution in [-0.4, -0.2) is 47.0 Å². The van der Waals surface area contributed by atoms with Crippen LogP contribution < -0.4 is 10.0 Å². The summed E-state index contributed by atoms with van der Waals surface area (Å²) in [6, 6.07) is 0.0125. The lowest BCUT2D eigenvalue weighted by molar-refractivity contribution is 0.0585. The van der Waals surface area contributed by atoms with Crippen molar-refractivity contribution in [3.8, 4) is 0 Å². The molecule has 2 N–H and O–H groups in total. The minimum Gasteiger partial charge on any atom is -0.381 e. The highest BCUT2D eigenvalue weighted by Crippen LogP contribution is 2.19. The van der Waals surface area contributed by atoms with Crippen LogP contribution in [0.4, 0.5) is 0 Å². The van der Waals surface area contributed by atoms with Crippen molar-refractivity contribution < 1.29 is 13.2 Å². The molecule has 1 atom stereocenters. The van der Waals surface area contributed by atoms with E-state index in [-0.39, 0.29) is 11.8 Å². The van der Waals surface area contributed by atoms with Gasteiger partial charge >= 0.3 is 0 Å². The predicted octanol–water partition coefficient (Wildman–Crippen LogP) is 0.330. The number of sulfonamides is 1. The van der Waals surface area contributed by atoms with E-state index in [0.717, 1.165) is 32.6 Å². The van der Waals surface area contributed by atoms with Crippen molar-refractivity contribution in [2.45, 2.75) is 32.2 Å². The molecule has 5 nitrogen and oxygen atoms in total. The van der Waals surface area contributed by atoms with Crippen LogP contribution >= 0.6 is 0 Å². The van der Waals surface area contributed by atoms with Crippen LogP contribution in [0.5, 0.6) is 0 Å². The lowest BCUT2D eigenvalue weighted by atomic mass is 9.94. The highest BCUT2D eigenvalue weighted by atomic mass is 32.2. The fourth-order valence-electron chi connectivity index (χ4n) is 2.09. The quantitative estimate of drug-likeness (QED) is 0.650. The van der Waals surface area contributed by atoms with E-state index in [9.17, 15) is 8.42 Å². The van der Waals surface area contributed by atoms with E-state index in [1.165, 1.54) is 0 Å². The smallest absolute Gasteiger partial charge is 0.211 e. The fraction of sp³-hybridized carbons (Fsp3) is 1.00. The summed E-state index contributed by atoms with van der Waals surface area (Å²) < 4.78 is 31.6. The third kappa shape index (κ3) is 5.81. The number of hydrogen-bond acceptors (Lipinski definition) is 4. The molecule has 0 saturated carbocycles. The van der Waals surface area contributed by atoms with Crippen molar-refractivity contribution in [3.05, 3.63) is 0 Å². The summed E-state index contributed by atoms with van der Waals surface area (Å²) in [6.07, 6.45) is 2.53. The molecular weight excluding hydrogens is 240 g/mol. The fourth-order valence-corrected chi connectivity index (χ4v) is 3.49. The highest BCUT2D eigenvalue weighted by molar-refractivity contribution is 7.89. The van der Waals surface area contributed by atoms with Gasteiger partial charge in [-0.05, 0) is 45.7 Å². The lowest BCUT2D eigenvalue weighted by Crippen LogP contribution is -2.41. The largest absolute Gasteiger partial charge is 0.381 e. The summed E-state index contributed by atoms with van der Waals surface area (Å²) in [5, 5.41) is 2.95. The first kappa shape index (κ1) is 14.9. The summed E-state index contributed by atoms with van der Waals surface area (Å²) in [5.41, 5.74) is 0. The van der Waals surface area contributed by atoms with Crippen LogP contribution in [-0.2, 0) is 14.8 Å². The third-order valence-electron chi connectivity index (χ3n) is 3.18. The maximum atomic E-state index is 11.8. The molecule has 102 valence electrons. The highest BCUT2D eigenvalue weighted by Gasteiger charge is 2.24. The SMILES string of the molecule is CNCCCS(=O)(=O)NC(C)C1CCOCC1. The molecule has 1 unspecified atom stereocenters. The molecule has 1 saturated heterocycles. The van der Waals surface area contributed by atoms with Gasteiger partial charge in [0.1, 0.15) is 0 Å². The monoisotopic (exact) mass is 264 g/mol. The van der Waals surface area contributed by atoms with Gasteiger partial charge in [-0.1, -0.05) is 0 Å². The molecule has 0 radical (unpaired) electrons. The molecule has 1 fully saturated rings. The standard InChI is InChI=1S/C11H24N2O3S/c1-10(11-4-7-16-8-5-11)13-17(14,15)9-3-6-12-2/h10-13H,3-9H2,1-2H3. The molecule has 1 aliphatic rings. The Morgan fingerprint density at radius 1 is 1.35 bits per heavy atom. The van der Waals surface area contributed by atoms with Gasteiger partial charge in [-0.15, -0.1) is 0 Å². The van der Waals surface area contributed by atoms with E-state index in [1.54, 1.807) is 0 Å². The molecule has 0 aromatic rings. The minimum atomic E-state index is -3.13. The van der Waals surface area contributed by atoms with Crippen LogP contribution in [0, 0.1) is 5.92 Å². The second-order valence-corrected chi connectivity index (χ2v) is 6.51. The molecule has 1 aliphatic heterocycles. The molecule has 0 aliphatic carbocycles. The Hall–Kier alpha value is -0.170. The van der Waals surface area contributed by atoms with Gasteiger partial charge in [0.25, 0.3) is 0 Å². The molecular formula is C11H24N2O3S. The predicted molar refractivity (Wildman–Crippen MR) is 68.5 cm³/mol. The Morgan fingerprint density at radius 2 is 2.00 bits per heavy atom. The average molecular weight is 264 g/mol. The van der Waals surface area contributed by atoms with Gasteiger partial charge in [-0.25, -0.2) is 13.1 Å². The summed E-state index contributed by atoms with van der Waals surface area (Å²) in [7, 11) is -1.31. The lowest BCUT2D eigenvalue weighted by Gasteiger charge is -2.28. The van der Waals surface area contributed by atoms with Crippen LogP contribution in [0.15, 0.2) is 0 Å². The summed E-state index contributed by atoms with van der Waals surface area (Å²) >= 11 is 0. The Morgan fingerprint density at radius 3 is 2.59 bits per heavy atom. The van der Waals surface area contributed by atoms with Gasteiger partial charge in [-0.3, -0.25) is 0 Å². The molecule has 0 spiro atoms. The van der Waals surface area contributed by atoms with Gasteiger partial charge < -0.3 is 10.1 Å². The molecule has 0 bridgehead atoms. The van der Waals surface area contributed by atoms with Gasteiger partial charge in [0.05, 0.1) is 5.75 Å². The first-order valence-electron chi connectivity index (χ1n) is 6.27. The van der Waals surface area contributed by atoms with E-state index in [2.05, 4.69) is 10.0 Å². The van der Waals surface area contributed by atoms with E-state index in [0.29, 0.717) is 12.3 Å². The summed E-state index contributed by atoms with van der Waals surface area (Å²) in [4.78, 5) is 0. The first-order valence-corrected chi connectivity index (χ1v) is 7.93. The van der Waals surface area contributed by atoms with Crippen molar-refractivity contribution in [2.24, 2.45) is 5.92 Å². The molecule has 6 heteroatoms. The molecule has 0 aromatic heterocycles. The Labute approximate surface area is 104 Å². The van der Waals surface area contributed by atoms with Gasteiger partial charge in [-0.2, -0.15) is 0 Å². The normalized spacial score (nSPS) is 20.4. The van der Waals surface area contributed by atoms with E-state index < -0.39 is 10.0 Å². The molecule has 0 aromatic carbocycles. The summed E-state index contributed by atoms with van der Waals surface area (Å²) in [6.45, 7) is 4.17. The Bertz CT molecular complexity index is 300. The maximum Gasteiger partial charge on any atom is 0.211 e. The van der Waals surface area contributed by atoms with Crippen LogP contribution in [0.1, 0.15) is 26.2 Å². The third-order valence-corrected chi connectivity index (χ3v) is 4.74. The second-order valence-electron chi connectivity index (χ2n) is 4.63. The van der Waals surface area contributed by atoms with E-state index >= 15 is 0 Å². The van der Waals surface area contributed by atoms with Crippen molar-refractivity contribution in [2.75, 3.05) is 32.6 Å². The topological polar surface area (TPSA) is 67.4 Å². The van der Waals surface area contributed by atoms with Gasteiger partial charge in [0.2, 0.25) is 10.0 Å². The average Bonchev–Trinajstić information content (AvgIpc) is 2.30. The first-order chi connectivity index (χ1) is 8.05. The zero-order valence-electron chi connectivity index (χ0n) is 10.7. The molecule has 17 heavy (non-hydrogen) atoms. The van der Waals surface area contributed by atoms with E-state index in [1.807, 2.05) is 14.0 Å². The molecule has 1 rings (SSSR count). The Balaban J connectivity index is 2.34. The molecule has 0 amide bonds. The number of rotatable bonds is 7. The molecule has 1 heterocycles. The number of ether oxygens (including phenoxy) is 1. The van der Waals surface area contributed by atoms with Gasteiger partial charge in [0, 0.05) is 19.3 Å². The van der Waals surface area contributed by atoms with Gasteiger partial charge in [0.15, 0.2) is 0 Å². The maximum absolute atomic E-state index is 11.8. The van der Waals surface area contributed by atoms with Crippen LogP contribution in [0.2, 0.25) is 0 Å². The van der Waals surface area contributed by atoms with E-state index in [4.69, 9.17) is 4.74 Å². The van der Waals surface area contributed by atoms with Crippen molar-refractivity contribution in [1.82, 2.24) is 10.0 Å². The minimum absolute atomic E-state index is 0.0125. The van der Waals surface area contributed by atoms with Crippen molar-refractivity contribution >= 4 is 10.0 Å². The zero-order valence-corrected chi connectivity index (χ0v) is 11.6. The van der Waals surface area contributed by atoms with Crippen molar-refractivity contribution in [3.63, 3.8) is 0 Å². The summed E-state index contributed by atoms with van der Waals surface area (Å²) in [5.74, 6) is 0.601. The van der Waals surface area contributed by atoms with Crippen molar-refractivity contribution in [1.29, 1.82) is 0 Å².